The molecule has 4 rings (SSSR count). The standard InChI is InChI=1S/C23H18N2O3/c1-15-13-20(25-17-8-5-7-16(14-17)23(26)27)19-11-6-12-21(22(19)24-15)28-18-9-3-2-4-10-18/h2-14H,1H3,(H,24,25)(H,26,27). The number of nitrogens with one attached hydrogen (secondary N) is 1. The third-order valence-electron chi connectivity index (χ3n) is 4.29. The van der Waals surface area contributed by atoms with Crippen molar-refractivity contribution in [2.24, 2.45) is 0 Å². The summed E-state index contributed by atoms with van der Waals surface area (Å²) in [5.41, 5.74) is 3.33. The van der Waals surface area contributed by atoms with Gasteiger partial charge in [0.25, 0.3) is 0 Å². The first-order chi connectivity index (χ1) is 13.6. The number of rotatable bonds is 5. The summed E-state index contributed by atoms with van der Waals surface area (Å²) in [5, 5.41) is 13.4. The molecule has 2 N–H and O–H groups in total. The van der Waals surface area contributed by atoms with Crippen molar-refractivity contribution in [2.75, 3.05) is 5.32 Å². The number of benzene rings is 3. The predicted molar refractivity (Wildman–Crippen MR) is 110 cm³/mol. The van der Waals surface area contributed by atoms with E-state index in [2.05, 4.69) is 10.3 Å². The lowest BCUT2D eigenvalue weighted by atomic mass is 10.1. The second-order valence-corrected chi connectivity index (χ2v) is 6.39. The number of pyridine rings is 1. The molecule has 0 unspecified atom stereocenters. The number of carbonyl (C=O) groups is 1. The summed E-state index contributed by atoms with van der Waals surface area (Å²) in [6.07, 6.45) is 0. The van der Waals surface area contributed by atoms with Gasteiger partial charge in [-0.05, 0) is 49.4 Å². The zero-order valence-electron chi connectivity index (χ0n) is 15.2. The van der Waals surface area contributed by atoms with Gasteiger partial charge in [0.1, 0.15) is 11.3 Å². The average Bonchev–Trinajstić information content (AvgIpc) is 2.69. The fourth-order valence-electron chi connectivity index (χ4n) is 3.04. The van der Waals surface area contributed by atoms with Gasteiger partial charge in [-0.1, -0.05) is 36.4 Å². The molecular weight excluding hydrogens is 352 g/mol. The summed E-state index contributed by atoms with van der Waals surface area (Å²) in [7, 11) is 0. The van der Waals surface area contributed by atoms with Gasteiger partial charge in [0.05, 0.1) is 5.56 Å². The molecule has 0 aliphatic heterocycles. The minimum Gasteiger partial charge on any atom is -0.478 e. The lowest BCUT2D eigenvalue weighted by Crippen LogP contribution is -1.99. The van der Waals surface area contributed by atoms with Crippen LogP contribution in [0.3, 0.4) is 0 Å². The number of aromatic carboxylic acids is 1. The van der Waals surface area contributed by atoms with Crippen molar-refractivity contribution < 1.29 is 14.6 Å². The number of para-hydroxylation sites is 2. The highest BCUT2D eigenvalue weighted by Crippen LogP contribution is 2.34. The van der Waals surface area contributed by atoms with E-state index < -0.39 is 5.97 Å². The first kappa shape index (κ1) is 17.5. The molecule has 0 atom stereocenters. The summed E-state index contributed by atoms with van der Waals surface area (Å²) in [6.45, 7) is 1.91. The molecule has 0 saturated heterocycles. The van der Waals surface area contributed by atoms with E-state index >= 15 is 0 Å². The quantitative estimate of drug-likeness (QED) is 0.466. The Hall–Kier alpha value is -3.86. The van der Waals surface area contributed by atoms with Crippen LogP contribution in [0.2, 0.25) is 0 Å². The lowest BCUT2D eigenvalue weighted by Gasteiger charge is -2.14. The molecule has 0 aliphatic rings. The van der Waals surface area contributed by atoms with E-state index in [9.17, 15) is 9.90 Å². The molecule has 0 fully saturated rings. The van der Waals surface area contributed by atoms with Gasteiger partial charge < -0.3 is 15.2 Å². The third kappa shape index (κ3) is 3.64. The maximum Gasteiger partial charge on any atom is 0.335 e. The van der Waals surface area contributed by atoms with E-state index in [0.717, 1.165) is 28.0 Å². The number of nitrogens with zero attached hydrogens (tertiary/aromatic N) is 1. The van der Waals surface area contributed by atoms with Crippen LogP contribution in [0.1, 0.15) is 16.1 Å². The van der Waals surface area contributed by atoms with E-state index in [1.807, 2.05) is 67.6 Å². The van der Waals surface area contributed by atoms with Crippen LogP contribution in [0.25, 0.3) is 10.9 Å². The number of fused-ring (bicyclic) bond motifs is 1. The summed E-state index contributed by atoms with van der Waals surface area (Å²) < 4.78 is 6.03. The summed E-state index contributed by atoms with van der Waals surface area (Å²) in [4.78, 5) is 15.9. The molecule has 4 aromatic rings. The van der Waals surface area contributed by atoms with Crippen molar-refractivity contribution in [3.63, 3.8) is 0 Å². The number of aryl methyl sites for hydroxylation is 1. The maximum absolute atomic E-state index is 11.2. The van der Waals surface area contributed by atoms with Crippen LogP contribution in [0.5, 0.6) is 11.5 Å². The molecule has 0 saturated carbocycles. The molecule has 0 spiro atoms. The molecule has 1 heterocycles. The highest BCUT2D eigenvalue weighted by molar-refractivity contribution is 5.97. The maximum atomic E-state index is 11.2. The molecule has 0 radical (unpaired) electrons. The van der Waals surface area contributed by atoms with Gasteiger partial charge in [0.15, 0.2) is 5.75 Å². The number of hydrogen-bond acceptors (Lipinski definition) is 4. The molecule has 28 heavy (non-hydrogen) atoms. The highest BCUT2D eigenvalue weighted by atomic mass is 16.5. The van der Waals surface area contributed by atoms with Crippen molar-refractivity contribution >= 4 is 28.2 Å². The fraction of sp³-hybridized carbons (Fsp3) is 0.0435. The number of aromatic nitrogens is 1. The molecule has 138 valence electrons. The van der Waals surface area contributed by atoms with Gasteiger partial charge in [0, 0.05) is 22.5 Å². The van der Waals surface area contributed by atoms with Gasteiger partial charge in [0.2, 0.25) is 0 Å². The van der Waals surface area contributed by atoms with Crippen LogP contribution in [-0.2, 0) is 0 Å². The Morgan fingerprint density at radius 2 is 1.75 bits per heavy atom. The van der Waals surface area contributed by atoms with Crippen molar-refractivity contribution in [1.29, 1.82) is 0 Å². The number of ether oxygens (including phenoxy) is 1. The van der Waals surface area contributed by atoms with Crippen LogP contribution in [0, 0.1) is 6.92 Å². The molecule has 0 aliphatic carbocycles. The minimum absolute atomic E-state index is 0.230. The largest absolute Gasteiger partial charge is 0.478 e. The number of carboxylic acids is 1. The number of anilines is 2. The normalized spacial score (nSPS) is 10.6. The van der Waals surface area contributed by atoms with Crippen LogP contribution in [-0.4, -0.2) is 16.1 Å². The zero-order valence-corrected chi connectivity index (χ0v) is 15.2. The monoisotopic (exact) mass is 370 g/mol. The summed E-state index contributed by atoms with van der Waals surface area (Å²) in [6, 6.07) is 24.0. The van der Waals surface area contributed by atoms with Crippen molar-refractivity contribution in [1.82, 2.24) is 4.98 Å². The van der Waals surface area contributed by atoms with Gasteiger partial charge >= 0.3 is 5.97 Å². The SMILES string of the molecule is Cc1cc(Nc2cccc(C(=O)O)c2)c2cccc(Oc3ccccc3)c2n1. The molecule has 5 nitrogen and oxygen atoms in total. The van der Waals surface area contributed by atoms with Gasteiger partial charge in [-0.2, -0.15) is 0 Å². The van der Waals surface area contributed by atoms with E-state index in [1.54, 1.807) is 18.2 Å². The molecular formula is C23H18N2O3. The first-order valence-electron chi connectivity index (χ1n) is 8.84. The molecule has 0 amide bonds. The van der Waals surface area contributed by atoms with E-state index in [-0.39, 0.29) is 5.56 Å². The Labute approximate surface area is 162 Å². The van der Waals surface area contributed by atoms with Crippen molar-refractivity contribution in [3.8, 4) is 11.5 Å². The Kier molecular flexibility index (Phi) is 4.64. The summed E-state index contributed by atoms with van der Waals surface area (Å²) >= 11 is 0. The highest BCUT2D eigenvalue weighted by Gasteiger charge is 2.11. The Morgan fingerprint density at radius 1 is 0.964 bits per heavy atom. The predicted octanol–water partition coefficient (Wildman–Crippen LogP) is 5.78. The Morgan fingerprint density at radius 3 is 2.54 bits per heavy atom. The molecule has 3 aromatic carbocycles. The molecule has 5 heteroatoms. The van der Waals surface area contributed by atoms with Gasteiger partial charge in [-0.15, -0.1) is 0 Å². The van der Waals surface area contributed by atoms with Crippen molar-refractivity contribution in [3.05, 3.63) is 90.1 Å². The fourth-order valence-corrected chi connectivity index (χ4v) is 3.04. The number of hydrogen-bond donors (Lipinski definition) is 2. The third-order valence-corrected chi connectivity index (χ3v) is 4.29. The van der Waals surface area contributed by atoms with Gasteiger partial charge in [-0.3, -0.25) is 0 Å². The first-order valence-corrected chi connectivity index (χ1v) is 8.84. The smallest absolute Gasteiger partial charge is 0.335 e. The lowest BCUT2D eigenvalue weighted by molar-refractivity contribution is 0.0697. The van der Waals surface area contributed by atoms with Crippen molar-refractivity contribution in [2.45, 2.75) is 6.92 Å². The van der Waals surface area contributed by atoms with E-state index in [0.29, 0.717) is 11.4 Å². The number of carboxylic acid groups (broad SMARTS) is 1. The van der Waals surface area contributed by atoms with E-state index in [1.165, 1.54) is 0 Å². The molecule has 0 bridgehead atoms. The van der Waals surface area contributed by atoms with Crippen LogP contribution >= 0.6 is 0 Å². The Bertz CT molecular complexity index is 1160. The van der Waals surface area contributed by atoms with Gasteiger partial charge in [-0.25, -0.2) is 9.78 Å². The summed E-state index contributed by atoms with van der Waals surface area (Å²) in [5.74, 6) is 0.440. The molecule has 1 aromatic heterocycles. The van der Waals surface area contributed by atoms with Crippen LogP contribution < -0.4 is 10.1 Å². The second-order valence-electron chi connectivity index (χ2n) is 6.39. The minimum atomic E-state index is -0.960. The second kappa shape index (κ2) is 7.40. The van der Waals surface area contributed by atoms with Crippen LogP contribution in [0.4, 0.5) is 11.4 Å². The Balaban J connectivity index is 1.76. The topological polar surface area (TPSA) is 71.5 Å². The average molecular weight is 370 g/mol. The van der Waals surface area contributed by atoms with Crippen LogP contribution in [0.15, 0.2) is 78.9 Å². The van der Waals surface area contributed by atoms with E-state index in [4.69, 9.17) is 4.74 Å². The zero-order chi connectivity index (χ0) is 19.5.